The van der Waals surface area contributed by atoms with Gasteiger partial charge in [-0.1, -0.05) is 23.4 Å². The van der Waals surface area contributed by atoms with E-state index in [2.05, 4.69) is 37.6 Å². The molecule has 2 aliphatic rings. The van der Waals surface area contributed by atoms with Crippen LogP contribution in [0.1, 0.15) is 17.1 Å². The third-order valence-electron chi connectivity index (χ3n) is 6.32. The summed E-state index contributed by atoms with van der Waals surface area (Å²) in [6, 6.07) is 8.89. The fraction of sp³-hybridized carbons (Fsp3) is 0.333. The van der Waals surface area contributed by atoms with E-state index in [1.54, 1.807) is 30.0 Å². The maximum absolute atomic E-state index is 12.4. The Morgan fingerprint density at radius 1 is 1.25 bits per heavy atom. The second-order valence-corrected chi connectivity index (χ2v) is 10.7. The zero-order chi connectivity index (χ0) is 27.5. The number of hydrogen-bond acceptors (Lipinski definition) is 11. The highest BCUT2D eigenvalue weighted by Crippen LogP contribution is 2.34. The first-order valence-corrected chi connectivity index (χ1v) is 13.9. The molecule has 0 saturated carbocycles. The molecule has 2 fully saturated rings. The van der Waals surface area contributed by atoms with Crippen LogP contribution >= 0.6 is 22.9 Å². The number of hydrogen-bond donors (Lipinski definition) is 2. The average Bonchev–Trinajstić information content (AvgIpc) is 3.69. The highest BCUT2D eigenvalue weighted by Gasteiger charge is 2.28. The van der Waals surface area contributed by atoms with Crippen LogP contribution in [0.15, 0.2) is 41.2 Å². The van der Waals surface area contributed by atoms with E-state index in [-0.39, 0.29) is 18.2 Å². The smallest absolute Gasteiger partial charge is 0.410 e. The summed E-state index contributed by atoms with van der Waals surface area (Å²) in [4.78, 5) is 23.7. The molecular formula is C27H25ClN6O5S. The molecule has 206 valence electrons. The van der Waals surface area contributed by atoms with E-state index in [1.165, 1.54) is 17.7 Å². The Morgan fingerprint density at radius 2 is 2.12 bits per heavy atom. The third-order valence-corrected chi connectivity index (χ3v) is 7.67. The van der Waals surface area contributed by atoms with E-state index in [4.69, 9.17) is 30.3 Å². The zero-order valence-electron chi connectivity index (χ0n) is 21.5. The van der Waals surface area contributed by atoms with Crippen molar-refractivity contribution in [1.29, 1.82) is 0 Å². The summed E-state index contributed by atoms with van der Waals surface area (Å²) in [7, 11) is 0. The van der Waals surface area contributed by atoms with Crippen molar-refractivity contribution in [2.24, 2.45) is 0 Å². The van der Waals surface area contributed by atoms with Crippen molar-refractivity contribution in [3.05, 3.63) is 52.3 Å². The standard InChI is InChI=1S/C27H25ClN6O5S/c1-16-10-24(33-39-16)38-23-5-3-18(12-21(23)28)32-26-25-22(30-15-31-26)13-20(40-25)4-2-17-11-19(14-29-17)37-27(35)34-6-8-36-9-7-34/h3,5,10,12-13,15,17,19,29H,6-9,11,14H2,1H3,(H,30,31,32)/t17-,19-/m1/s1. The summed E-state index contributed by atoms with van der Waals surface area (Å²) in [6.45, 7) is 4.57. The lowest BCUT2D eigenvalue weighted by Gasteiger charge is -2.27. The van der Waals surface area contributed by atoms with Gasteiger partial charge in [0, 0.05) is 37.8 Å². The monoisotopic (exact) mass is 580 g/mol. The molecule has 13 heteroatoms. The molecule has 0 unspecified atom stereocenters. The summed E-state index contributed by atoms with van der Waals surface area (Å²) in [5, 5.41) is 10.9. The number of nitrogens with one attached hydrogen (secondary N) is 2. The molecule has 2 N–H and O–H groups in total. The van der Waals surface area contributed by atoms with Crippen LogP contribution in [0.25, 0.3) is 10.2 Å². The first kappa shape index (κ1) is 26.3. The molecule has 40 heavy (non-hydrogen) atoms. The lowest BCUT2D eigenvalue weighted by molar-refractivity contribution is 0.0156. The minimum atomic E-state index is -0.291. The number of carbonyl (C=O) groups excluding carboxylic acids is 1. The number of halogens is 1. The second kappa shape index (κ2) is 11.7. The largest absolute Gasteiger partial charge is 0.445 e. The van der Waals surface area contributed by atoms with Gasteiger partial charge in [0.15, 0.2) is 5.82 Å². The van der Waals surface area contributed by atoms with Gasteiger partial charge in [0.1, 0.15) is 23.9 Å². The van der Waals surface area contributed by atoms with Crippen LogP contribution in [-0.4, -0.2) is 71.1 Å². The fourth-order valence-corrected chi connectivity index (χ4v) is 5.47. The molecule has 11 nitrogen and oxygen atoms in total. The number of fused-ring (bicyclic) bond motifs is 1. The Morgan fingerprint density at radius 3 is 2.92 bits per heavy atom. The van der Waals surface area contributed by atoms with Crippen LogP contribution in [0.5, 0.6) is 11.6 Å². The first-order valence-electron chi connectivity index (χ1n) is 12.7. The van der Waals surface area contributed by atoms with Gasteiger partial charge in [0.05, 0.1) is 39.4 Å². The lowest BCUT2D eigenvalue weighted by atomic mass is 10.2. The van der Waals surface area contributed by atoms with Crippen LogP contribution in [-0.2, 0) is 9.47 Å². The molecule has 0 spiro atoms. The number of morpholine rings is 1. The molecule has 2 aliphatic heterocycles. The molecule has 0 radical (unpaired) electrons. The number of amides is 1. The van der Waals surface area contributed by atoms with E-state index in [9.17, 15) is 4.79 Å². The first-order chi connectivity index (χ1) is 19.5. The fourth-order valence-electron chi connectivity index (χ4n) is 4.33. The van der Waals surface area contributed by atoms with Gasteiger partial charge in [0.25, 0.3) is 5.88 Å². The number of aromatic nitrogens is 3. The van der Waals surface area contributed by atoms with Gasteiger partial charge in [-0.3, -0.25) is 5.32 Å². The summed E-state index contributed by atoms with van der Waals surface area (Å²) in [5.74, 6) is 8.58. The molecular weight excluding hydrogens is 556 g/mol. The number of anilines is 2. The SMILES string of the molecule is Cc1cc(Oc2ccc(Nc3ncnc4cc(C#C[C@@H]5C[C@@H](OC(=O)N6CCOCC6)CN5)sc34)cc2Cl)no1. The number of nitrogens with zero attached hydrogens (tertiary/aromatic N) is 4. The predicted molar refractivity (Wildman–Crippen MR) is 149 cm³/mol. The molecule has 6 rings (SSSR count). The summed E-state index contributed by atoms with van der Waals surface area (Å²) in [5.41, 5.74) is 1.53. The van der Waals surface area contributed by atoms with Gasteiger partial charge in [-0.2, -0.15) is 0 Å². The Kier molecular flexibility index (Phi) is 7.70. The zero-order valence-corrected chi connectivity index (χ0v) is 23.1. The predicted octanol–water partition coefficient (Wildman–Crippen LogP) is 4.73. The molecule has 2 atom stereocenters. The van der Waals surface area contributed by atoms with Crippen LogP contribution in [0, 0.1) is 18.8 Å². The van der Waals surface area contributed by atoms with Crippen molar-refractivity contribution < 1.29 is 23.5 Å². The van der Waals surface area contributed by atoms with Crippen molar-refractivity contribution >= 4 is 50.8 Å². The third kappa shape index (κ3) is 6.13. The lowest BCUT2D eigenvalue weighted by Crippen LogP contribution is -2.42. The van der Waals surface area contributed by atoms with E-state index in [0.29, 0.717) is 67.5 Å². The van der Waals surface area contributed by atoms with E-state index in [1.807, 2.05) is 12.1 Å². The molecule has 3 aromatic heterocycles. The quantitative estimate of drug-likeness (QED) is 0.320. The molecule has 1 aromatic carbocycles. The van der Waals surface area contributed by atoms with Crippen LogP contribution in [0.4, 0.5) is 16.3 Å². The molecule has 2 saturated heterocycles. The van der Waals surface area contributed by atoms with Crippen molar-refractivity contribution in [1.82, 2.24) is 25.3 Å². The number of benzene rings is 1. The minimum Gasteiger partial charge on any atom is -0.445 e. The normalized spacial score (nSPS) is 18.8. The van der Waals surface area contributed by atoms with Gasteiger partial charge in [-0.05, 0) is 36.3 Å². The molecule has 4 aromatic rings. The van der Waals surface area contributed by atoms with Crippen molar-refractivity contribution in [2.75, 3.05) is 38.2 Å². The Hall–Kier alpha value is -3.89. The summed E-state index contributed by atoms with van der Waals surface area (Å²) >= 11 is 7.94. The van der Waals surface area contributed by atoms with Crippen molar-refractivity contribution in [3.8, 4) is 23.5 Å². The van der Waals surface area contributed by atoms with E-state index in [0.717, 1.165) is 20.8 Å². The molecule has 0 bridgehead atoms. The second-order valence-electron chi connectivity index (χ2n) is 9.27. The molecule has 5 heterocycles. The van der Waals surface area contributed by atoms with Crippen LogP contribution in [0.3, 0.4) is 0 Å². The maximum Gasteiger partial charge on any atom is 0.410 e. The summed E-state index contributed by atoms with van der Waals surface area (Å²) in [6.07, 6.45) is 1.65. The van der Waals surface area contributed by atoms with Crippen LogP contribution in [0.2, 0.25) is 5.02 Å². The molecule has 0 aliphatic carbocycles. The number of ether oxygens (including phenoxy) is 3. The van der Waals surface area contributed by atoms with Gasteiger partial charge in [-0.15, -0.1) is 11.3 Å². The van der Waals surface area contributed by atoms with Gasteiger partial charge in [-0.25, -0.2) is 14.8 Å². The number of aryl methyl sites for hydroxylation is 1. The van der Waals surface area contributed by atoms with Gasteiger partial charge < -0.3 is 29.0 Å². The number of carbonyl (C=O) groups is 1. The number of thiophene rings is 1. The number of rotatable bonds is 5. The minimum absolute atomic E-state index is 0.0691. The topological polar surface area (TPSA) is 124 Å². The highest BCUT2D eigenvalue weighted by atomic mass is 35.5. The average molecular weight is 581 g/mol. The van der Waals surface area contributed by atoms with E-state index >= 15 is 0 Å². The van der Waals surface area contributed by atoms with Gasteiger partial charge in [0.2, 0.25) is 0 Å². The van der Waals surface area contributed by atoms with Crippen molar-refractivity contribution in [2.45, 2.75) is 25.5 Å². The maximum atomic E-state index is 12.4. The Bertz CT molecular complexity index is 1590. The summed E-state index contributed by atoms with van der Waals surface area (Å²) < 4.78 is 22.5. The molecule has 1 amide bonds. The van der Waals surface area contributed by atoms with Crippen LogP contribution < -0.4 is 15.4 Å². The Labute approximate surface area is 238 Å². The van der Waals surface area contributed by atoms with Gasteiger partial charge >= 0.3 is 6.09 Å². The highest BCUT2D eigenvalue weighted by molar-refractivity contribution is 7.20. The Balaban J connectivity index is 1.10. The van der Waals surface area contributed by atoms with E-state index < -0.39 is 0 Å². The van der Waals surface area contributed by atoms with Crippen molar-refractivity contribution in [3.63, 3.8) is 0 Å².